The summed E-state index contributed by atoms with van der Waals surface area (Å²) in [5, 5.41) is 8.63. The molecular weight excluding hydrogens is 160 g/mol. The van der Waals surface area contributed by atoms with Crippen LogP contribution in [0.25, 0.3) is 0 Å². The topological polar surface area (TPSA) is 37.3 Å². The molecule has 0 saturated heterocycles. The molecule has 0 heterocycles. The zero-order chi connectivity index (χ0) is 8.27. The molecule has 0 aromatic heterocycles. The van der Waals surface area contributed by atoms with Gasteiger partial charge in [-0.15, -0.1) is 16.9 Å². The van der Waals surface area contributed by atoms with Gasteiger partial charge in [-0.25, -0.2) is 4.79 Å². The fraction of sp³-hybridized carbons (Fsp3) is 0. The molecule has 0 saturated carbocycles. The Bertz CT molecular complexity index is 325. The van der Waals surface area contributed by atoms with E-state index in [-0.39, 0.29) is 5.56 Å². The van der Waals surface area contributed by atoms with Crippen LogP contribution in [0.15, 0.2) is 29.2 Å². The molecule has 3 heteroatoms. The van der Waals surface area contributed by atoms with E-state index < -0.39 is 5.97 Å². The molecule has 0 spiro atoms. The molecule has 0 amide bonds. The molecule has 0 unspecified atom stereocenters. The smallest absolute Gasteiger partial charge is 0.337 e. The lowest BCUT2D eigenvalue weighted by atomic mass is 10.2. The van der Waals surface area contributed by atoms with E-state index in [1.54, 1.807) is 18.2 Å². The average Bonchev–Trinajstić information content (AvgIpc) is 2.04. The van der Waals surface area contributed by atoms with Crippen molar-refractivity contribution in [1.29, 1.82) is 0 Å². The van der Waals surface area contributed by atoms with Crippen LogP contribution in [0.3, 0.4) is 0 Å². The first-order valence-corrected chi connectivity index (χ1v) is 3.82. The van der Waals surface area contributed by atoms with Crippen LogP contribution in [0.1, 0.15) is 10.4 Å². The number of hydrogen-bond acceptors (Lipinski definition) is 1. The van der Waals surface area contributed by atoms with Gasteiger partial charge in [0.25, 0.3) is 0 Å². The van der Waals surface area contributed by atoms with Gasteiger partial charge in [-0.2, -0.15) is 0 Å². The molecule has 0 bridgehead atoms. The molecule has 0 radical (unpaired) electrons. The van der Waals surface area contributed by atoms with E-state index in [1.807, 2.05) is 0 Å². The third-order valence-electron chi connectivity index (χ3n) is 1.24. The highest BCUT2D eigenvalue weighted by Gasteiger charge is 2.05. The summed E-state index contributed by atoms with van der Waals surface area (Å²) in [6.07, 6.45) is 0. The molecule has 56 valence electrons. The van der Waals surface area contributed by atoms with Gasteiger partial charge in [0.15, 0.2) is 0 Å². The monoisotopic (exact) mass is 166 g/mol. The van der Waals surface area contributed by atoms with Crippen LogP contribution in [0.2, 0.25) is 0 Å². The maximum Gasteiger partial charge on any atom is 0.337 e. The summed E-state index contributed by atoms with van der Waals surface area (Å²) >= 11 is 0.943. The standard InChI is InChI=1S/C8H6O2S/c1-11-7-5-3-2-4-6(7)8(9)10/h1-5H,(H,9,10). The average molecular weight is 166 g/mol. The molecular formula is C8H6O2S. The quantitative estimate of drug-likeness (QED) is 0.693. The lowest BCUT2D eigenvalue weighted by molar-refractivity contribution is 0.0693. The van der Waals surface area contributed by atoms with Crippen molar-refractivity contribution in [2.75, 3.05) is 0 Å². The number of benzene rings is 1. The lowest BCUT2D eigenvalue weighted by Crippen LogP contribution is -1.96. The summed E-state index contributed by atoms with van der Waals surface area (Å²) in [4.78, 5) is 11.1. The predicted octanol–water partition coefficient (Wildman–Crippen LogP) is 2.07. The van der Waals surface area contributed by atoms with Gasteiger partial charge in [-0.05, 0) is 12.1 Å². The molecule has 0 aliphatic rings. The minimum absolute atomic E-state index is 0.250. The Morgan fingerprint density at radius 2 is 2.09 bits per heavy atom. The molecule has 1 aromatic carbocycles. The maximum absolute atomic E-state index is 10.5. The van der Waals surface area contributed by atoms with Gasteiger partial charge in [0, 0.05) is 4.90 Å². The highest BCUT2D eigenvalue weighted by molar-refractivity contribution is 7.88. The highest BCUT2D eigenvalue weighted by Crippen LogP contribution is 2.13. The minimum atomic E-state index is -0.946. The summed E-state index contributed by atoms with van der Waals surface area (Å²) in [5.41, 5.74) is 5.49. The third kappa shape index (κ3) is 1.58. The van der Waals surface area contributed by atoms with Gasteiger partial charge in [0.2, 0.25) is 0 Å². The largest absolute Gasteiger partial charge is 0.478 e. The first kappa shape index (κ1) is 7.79. The van der Waals surface area contributed by atoms with Crippen LogP contribution < -0.4 is 0 Å². The van der Waals surface area contributed by atoms with Gasteiger partial charge in [-0.1, -0.05) is 12.1 Å². The van der Waals surface area contributed by atoms with E-state index in [9.17, 15) is 4.79 Å². The van der Waals surface area contributed by atoms with E-state index in [2.05, 4.69) is 0 Å². The molecule has 11 heavy (non-hydrogen) atoms. The molecule has 0 atom stereocenters. The van der Waals surface area contributed by atoms with Gasteiger partial charge in [0.1, 0.15) is 0 Å². The number of carbonyl (C=O) groups is 1. The van der Waals surface area contributed by atoms with Crippen molar-refractivity contribution in [3.05, 3.63) is 29.8 Å². The van der Waals surface area contributed by atoms with E-state index in [0.717, 1.165) is 11.2 Å². The van der Waals surface area contributed by atoms with Crippen molar-refractivity contribution in [3.63, 3.8) is 0 Å². The van der Waals surface area contributed by atoms with Crippen molar-refractivity contribution < 1.29 is 9.90 Å². The van der Waals surface area contributed by atoms with Gasteiger partial charge in [-0.3, -0.25) is 0 Å². The summed E-state index contributed by atoms with van der Waals surface area (Å²) in [6.45, 7) is 0. The van der Waals surface area contributed by atoms with Crippen LogP contribution in [-0.2, 0) is 0 Å². The van der Waals surface area contributed by atoms with E-state index in [4.69, 9.17) is 10.8 Å². The number of aromatic carboxylic acids is 1. The minimum Gasteiger partial charge on any atom is -0.478 e. The van der Waals surface area contributed by atoms with Crippen molar-refractivity contribution >= 4 is 17.1 Å². The molecule has 0 aliphatic carbocycles. The van der Waals surface area contributed by atoms with Gasteiger partial charge < -0.3 is 5.11 Å². The Morgan fingerprint density at radius 1 is 1.45 bits per heavy atom. The molecule has 0 aliphatic heterocycles. The van der Waals surface area contributed by atoms with Gasteiger partial charge >= 0.3 is 5.97 Å². The second-order valence-corrected chi connectivity index (χ2v) is 2.59. The Balaban J connectivity index is 3.26. The number of carboxylic acids is 1. The van der Waals surface area contributed by atoms with Crippen LogP contribution in [0.4, 0.5) is 0 Å². The lowest BCUT2D eigenvalue weighted by Gasteiger charge is -1.95. The van der Waals surface area contributed by atoms with Crippen molar-refractivity contribution in [2.24, 2.45) is 0 Å². The van der Waals surface area contributed by atoms with Crippen LogP contribution in [-0.4, -0.2) is 11.1 Å². The fourth-order valence-electron chi connectivity index (χ4n) is 0.746. The summed E-state index contributed by atoms with van der Waals surface area (Å²) in [6, 6.07) is 6.62. The van der Waals surface area contributed by atoms with E-state index in [1.165, 1.54) is 6.07 Å². The Morgan fingerprint density at radius 3 is 2.55 bits per heavy atom. The molecule has 0 fully saturated rings. The maximum atomic E-state index is 10.5. The van der Waals surface area contributed by atoms with Gasteiger partial charge in [0.05, 0.1) is 5.56 Å². The third-order valence-corrected chi connectivity index (χ3v) is 1.85. The van der Waals surface area contributed by atoms with Crippen molar-refractivity contribution in [3.8, 4) is 5.69 Å². The fourth-order valence-corrected chi connectivity index (χ4v) is 1.19. The highest BCUT2D eigenvalue weighted by atomic mass is 32.1. The summed E-state index contributed by atoms with van der Waals surface area (Å²) < 4.78 is 0. The molecule has 2 nitrogen and oxygen atoms in total. The molecule has 1 N–H and O–H groups in total. The zero-order valence-electron chi connectivity index (χ0n) is 5.65. The Kier molecular flexibility index (Phi) is 2.26. The molecule has 1 aromatic rings. The predicted molar refractivity (Wildman–Crippen MR) is 44.2 cm³/mol. The number of carboxylic acid groups (broad SMARTS) is 1. The van der Waals surface area contributed by atoms with E-state index in [0.29, 0.717) is 4.90 Å². The van der Waals surface area contributed by atoms with E-state index >= 15 is 0 Å². The van der Waals surface area contributed by atoms with Crippen molar-refractivity contribution in [1.82, 2.24) is 0 Å². The SMILES string of the molecule is C#Sc1ccccc1C(=O)O. The van der Waals surface area contributed by atoms with Crippen LogP contribution in [0, 0.1) is 5.69 Å². The van der Waals surface area contributed by atoms with Crippen LogP contribution >= 0.6 is 11.2 Å². The zero-order valence-corrected chi connectivity index (χ0v) is 6.47. The summed E-state index contributed by atoms with van der Waals surface area (Å²) in [5.74, 6) is -0.946. The first-order chi connectivity index (χ1) is 5.25. The number of rotatable bonds is 1. The molecule has 1 rings (SSSR count). The Labute approximate surface area is 68.1 Å². The first-order valence-electron chi connectivity index (χ1n) is 2.94. The number of hydrogen-bond donors (Lipinski definition) is 1. The summed E-state index contributed by atoms with van der Waals surface area (Å²) in [7, 11) is 0. The normalized spacial score (nSPS) is 9.00. The second kappa shape index (κ2) is 3.19. The van der Waals surface area contributed by atoms with Crippen molar-refractivity contribution in [2.45, 2.75) is 4.90 Å². The second-order valence-electron chi connectivity index (χ2n) is 1.92. The van der Waals surface area contributed by atoms with Crippen LogP contribution in [0.5, 0.6) is 0 Å². The Hall–Kier alpha value is -1.31.